The number of benzene rings is 3. The van der Waals surface area contributed by atoms with Crippen LogP contribution in [0.5, 0.6) is 11.5 Å². The zero-order chi connectivity index (χ0) is 23.8. The van der Waals surface area contributed by atoms with Gasteiger partial charge in [-0.1, -0.05) is 63.9 Å². The smallest absolute Gasteiger partial charge is 0.266 e. The van der Waals surface area contributed by atoms with Crippen LogP contribution < -0.4 is 14.8 Å². The van der Waals surface area contributed by atoms with E-state index in [0.29, 0.717) is 45.5 Å². The van der Waals surface area contributed by atoms with Gasteiger partial charge in [0.25, 0.3) is 5.91 Å². The number of nitrogens with zero attached hydrogens (tertiary/aromatic N) is 1. The van der Waals surface area contributed by atoms with Gasteiger partial charge in [0.1, 0.15) is 18.2 Å². The maximum Gasteiger partial charge on any atom is 0.266 e. The van der Waals surface area contributed by atoms with Crippen LogP contribution in [0.3, 0.4) is 0 Å². The molecule has 0 aliphatic rings. The number of hydrogen-bond donors (Lipinski definition) is 1. The zero-order valence-corrected chi connectivity index (χ0v) is 20.5. The molecule has 0 saturated carbocycles. The highest BCUT2D eigenvalue weighted by molar-refractivity contribution is 9.10. The van der Waals surface area contributed by atoms with Gasteiger partial charge in [-0.05, 0) is 60.9 Å². The molecule has 0 aliphatic carbocycles. The van der Waals surface area contributed by atoms with E-state index >= 15 is 0 Å². The highest BCUT2D eigenvalue weighted by Crippen LogP contribution is 2.35. The Bertz CT molecular complexity index is 1220. The van der Waals surface area contributed by atoms with Gasteiger partial charge in [0.2, 0.25) is 0 Å². The predicted octanol–water partition coefficient (Wildman–Crippen LogP) is 6.93. The third-order valence-electron chi connectivity index (χ3n) is 4.78. The Balaban J connectivity index is 1.87. The summed E-state index contributed by atoms with van der Waals surface area (Å²) in [5, 5.41) is 12.9. The number of carbonyl (C=O) groups is 1. The summed E-state index contributed by atoms with van der Waals surface area (Å²) in [5.74, 6) is 0.547. The summed E-state index contributed by atoms with van der Waals surface area (Å²) in [6.07, 6.45) is 1.50. The van der Waals surface area contributed by atoms with E-state index in [0.717, 1.165) is 11.1 Å². The van der Waals surface area contributed by atoms with Crippen LogP contribution in [-0.2, 0) is 11.4 Å². The van der Waals surface area contributed by atoms with E-state index in [-0.39, 0.29) is 5.57 Å². The maximum atomic E-state index is 12.7. The molecular weight excluding hydrogens is 504 g/mol. The highest BCUT2D eigenvalue weighted by atomic mass is 79.9. The molecule has 0 fully saturated rings. The molecule has 5 nitrogen and oxygen atoms in total. The average molecular weight is 526 g/mol. The molecule has 0 aliphatic heterocycles. The molecule has 0 radical (unpaired) electrons. The van der Waals surface area contributed by atoms with Crippen molar-refractivity contribution < 1.29 is 14.3 Å². The maximum absolute atomic E-state index is 12.7. The van der Waals surface area contributed by atoms with E-state index in [1.54, 1.807) is 37.3 Å². The Morgan fingerprint density at radius 2 is 1.85 bits per heavy atom. The van der Waals surface area contributed by atoms with Gasteiger partial charge in [0.15, 0.2) is 11.5 Å². The molecule has 0 bridgehead atoms. The van der Waals surface area contributed by atoms with Crippen LogP contribution in [0, 0.1) is 18.3 Å². The molecule has 0 saturated heterocycles. The van der Waals surface area contributed by atoms with Gasteiger partial charge in [-0.15, -0.1) is 0 Å². The van der Waals surface area contributed by atoms with Gasteiger partial charge in [-0.2, -0.15) is 5.26 Å². The van der Waals surface area contributed by atoms with Gasteiger partial charge in [0.05, 0.1) is 6.61 Å². The third-order valence-corrected chi connectivity index (χ3v) is 5.88. The Morgan fingerprint density at radius 1 is 1.12 bits per heavy atom. The van der Waals surface area contributed by atoms with E-state index in [2.05, 4.69) is 21.2 Å². The number of nitriles is 1. The summed E-state index contributed by atoms with van der Waals surface area (Å²) in [5.41, 5.74) is 2.85. The SMILES string of the molecule is CCOc1cc(/C=C(\C#N)C(=O)Nc2cccc(Cl)c2C)c(Br)cc1OCc1ccccc1. The lowest BCUT2D eigenvalue weighted by Gasteiger charge is -2.14. The lowest BCUT2D eigenvalue weighted by Crippen LogP contribution is -2.14. The van der Waals surface area contributed by atoms with Crippen LogP contribution in [-0.4, -0.2) is 12.5 Å². The van der Waals surface area contributed by atoms with Crippen LogP contribution in [0.2, 0.25) is 5.02 Å². The fourth-order valence-corrected chi connectivity index (χ4v) is 3.63. The van der Waals surface area contributed by atoms with E-state index in [1.807, 2.05) is 43.3 Å². The number of anilines is 1. The first-order valence-electron chi connectivity index (χ1n) is 10.2. The molecule has 168 valence electrons. The first-order valence-corrected chi connectivity index (χ1v) is 11.4. The van der Waals surface area contributed by atoms with E-state index in [9.17, 15) is 10.1 Å². The van der Waals surface area contributed by atoms with Crippen molar-refractivity contribution >= 4 is 45.2 Å². The van der Waals surface area contributed by atoms with E-state index in [4.69, 9.17) is 21.1 Å². The summed E-state index contributed by atoms with van der Waals surface area (Å²) >= 11 is 9.64. The Kier molecular flexibility index (Phi) is 8.53. The van der Waals surface area contributed by atoms with Crippen molar-refractivity contribution in [2.75, 3.05) is 11.9 Å². The number of amides is 1. The van der Waals surface area contributed by atoms with E-state index < -0.39 is 5.91 Å². The summed E-state index contributed by atoms with van der Waals surface area (Å²) < 4.78 is 12.4. The molecule has 0 heterocycles. The molecule has 0 aromatic heterocycles. The van der Waals surface area contributed by atoms with E-state index in [1.165, 1.54) is 6.08 Å². The first kappa shape index (κ1) is 24.4. The molecule has 0 unspecified atom stereocenters. The fraction of sp³-hybridized carbons (Fsp3) is 0.154. The van der Waals surface area contributed by atoms with Gasteiger partial charge in [-0.3, -0.25) is 4.79 Å². The molecular formula is C26H22BrClN2O3. The number of hydrogen-bond acceptors (Lipinski definition) is 4. The number of carbonyl (C=O) groups excluding carboxylic acids is 1. The predicted molar refractivity (Wildman–Crippen MR) is 134 cm³/mol. The minimum Gasteiger partial charge on any atom is -0.490 e. The van der Waals surface area contributed by atoms with Crippen LogP contribution in [0.4, 0.5) is 5.69 Å². The normalized spacial score (nSPS) is 10.9. The molecule has 7 heteroatoms. The minimum atomic E-state index is -0.530. The summed E-state index contributed by atoms with van der Waals surface area (Å²) in [6.45, 7) is 4.49. The Hall–Kier alpha value is -3.27. The van der Waals surface area contributed by atoms with Gasteiger partial charge < -0.3 is 14.8 Å². The third kappa shape index (κ3) is 6.38. The van der Waals surface area contributed by atoms with Gasteiger partial charge >= 0.3 is 0 Å². The lowest BCUT2D eigenvalue weighted by molar-refractivity contribution is -0.112. The summed E-state index contributed by atoms with van der Waals surface area (Å²) in [6, 6.07) is 20.5. The van der Waals surface area contributed by atoms with Gasteiger partial charge in [-0.25, -0.2) is 0 Å². The van der Waals surface area contributed by atoms with Crippen molar-refractivity contribution in [1.29, 1.82) is 5.26 Å². The molecule has 1 amide bonds. The van der Waals surface area contributed by atoms with Crippen molar-refractivity contribution in [2.24, 2.45) is 0 Å². The monoisotopic (exact) mass is 524 g/mol. The second-order valence-corrected chi connectivity index (χ2v) is 8.33. The standard InChI is InChI=1S/C26H22BrClN2O3/c1-3-32-24-13-19(21(27)14-25(24)33-16-18-8-5-4-6-9-18)12-20(15-29)26(31)30-23-11-7-10-22(28)17(23)2/h4-14H,3,16H2,1-2H3,(H,30,31)/b20-12+. The topological polar surface area (TPSA) is 71.3 Å². The number of ether oxygens (including phenoxy) is 2. The molecule has 0 atom stereocenters. The molecule has 3 aromatic rings. The average Bonchev–Trinajstić information content (AvgIpc) is 2.81. The Morgan fingerprint density at radius 3 is 2.55 bits per heavy atom. The van der Waals surface area contributed by atoms with Gasteiger partial charge in [0, 0.05) is 15.2 Å². The van der Waals surface area contributed by atoms with Crippen molar-refractivity contribution in [3.63, 3.8) is 0 Å². The summed E-state index contributed by atoms with van der Waals surface area (Å²) in [4.78, 5) is 12.7. The number of halogens is 2. The second kappa shape index (κ2) is 11.6. The van der Waals surface area contributed by atoms with Crippen molar-refractivity contribution in [3.05, 3.63) is 92.4 Å². The first-order chi connectivity index (χ1) is 15.9. The number of nitrogens with one attached hydrogen (secondary N) is 1. The molecule has 3 aromatic carbocycles. The second-order valence-electron chi connectivity index (χ2n) is 7.06. The van der Waals surface area contributed by atoms with Crippen LogP contribution in [0.15, 0.2) is 70.7 Å². The van der Waals surface area contributed by atoms with Crippen molar-refractivity contribution in [3.8, 4) is 17.6 Å². The molecule has 1 N–H and O–H groups in total. The molecule has 0 spiro atoms. The molecule has 3 rings (SSSR count). The molecule has 33 heavy (non-hydrogen) atoms. The number of rotatable bonds is 8. The van der Waals surface area contributed by atoms with Crippen LogP contribution in [0.1, 0.15) is 23.6 Å². The Labute approximate surface area is 206 Å². The zero-order valence-electron chi connectivity index (χ0n) is 18.2. The fourth-order valence-electron chi connectivity index (χ4n) is 3.01. The van der Waals surface area contributed by atoms with Crippen molar-refractivity contribution in [2.45, 2.75) is 20.5 Å². The highest BCUT2D eigenvalue weighted by Gasteiger charge is 2.15. The minimum absolute atomic E-state index is 0.0597. The van der Waals surface area contributed by atoms with Crippen LogP contribution >= 0.6 is 27.5 Å². The largest absolute Gasteiger partial charge is 0.490 e. The van der Waals surface area contributed by atoms with Crippen LogP contribution in [0.25, 0.3) is 6.08 Å². The van der Waals surface area contributed by atoms with Crippen molar-refractivity contribution in [1.82, 2.24) is 0 Å². The summed E-state index contributed by atoms with van der Waals surface area (Å²) in [7, 11) is 0. The quantitative estimate of drug-likeness (QED) is 0.256. The lowest BCUT2D eigenvalue weighted by atomic mass is 10.1.